The Hall–Kier alpha value is -4.53. The molecule has 5 atom stereocenters. The number of para-hydroxylation sites is 1. The van der Waals surface area contributed by atoms with Crippen molar-refractivity contribution < 1.29 is 37.1 Å². The smallest absolute Gasteiger partial charge is 0.408 e. The number of rotatable bonds is 6. The Kier molecular flexibility index (Phi) is 10.1. The van der Waals surface area contributed by atoms with E-state index in [2.05, 4.69) is 25.7 Å². The van der Waals surface area contributed by atoms with Crippen molar-refractivity contribution in [1.29, 1.82) is 0 Å². The molecule has 3 fully saturated rings. The molecule has 2 saturated carbocycles. The van der Waals surface area contributed by atoms with Gasteiger partial charge in [0, 0.05) is 30.1 Å². The maximum Gasteiger partial charge on any atom is 0.408 e. The van der Waals surface area contributed by atoms with Crippen molar-refractivity contribution in [2.45, 2.75) is 113 Å². The first-order chi connectivity index (χ1) is 24.1. The van der Waals surface area contributed by atoms with Crippen LogP contribution >= 0.6 is 0 Å². The quantitative estimate of drug-likeness (QED) is 0.325. The Balaban J connectivity index is 1.27. The van der Waals surface area contributed by atoms with Crippen LogP contribution in [0.25, 0.3) is 10.9 Å². The first kappa shape index (κ1) is 36.3. The van der Waals surface area contributed by atoms with E-state index in [1.807, 2.05) is 36.4 Å². The number of fused-ring (bicyclic) bond motifs is 3. The lowest BCUT2D eigenvalue weighted by molar-refractivity contribution is -0.141. The number of allylic oxidation sites excluding steroid dienone is 1. The lowest BCUT2D eigenvalue weighted by Crippen LogP contribution is -2.58. The number of nitrogens with zero attached hydrogens (tertiary/aromatic N) is 2. The number of benzene rings is 1. The normalized spacial score (nSPS) is 27.9. The van der Waals surface area contributed by atoms with Gasteiger partial charge >= 0.3 is 6.09 Å². The van der Waals surface area contributed by atoms with Crippen LogP contribution in [0.1, 0.15) is 88.9 Å². The summed E-state index contributed by atoms with van der Waals surface area (Å²) in [5.74, 6) is -2.88. The summed E-state index contributed by atoms with van der Waals surface area (Å²) in [5, 5.41) is 8.61. The highest BCUT2D eigenvalue weighted by atomic mass is 32.2. The van der Waals surface area contributed by atoms with Crippen LogP contribution in [-0.4, -0.2) is 89.1 Å². The summed E-state index contributed by atoms with van der Waals surface area (Å²) in [7, 11) is -3.90. The zero-order valence-electron chi connectivity index (χ0n) is 29.1. The van der Waals surface area contributed by atoms with Gasteiger partial charge in [-0.05, 0) is 77.8 Å². The molecule has 2 aliphatic carbocycles. The first-order valence-corrected chi connectivity index (χ1v) is 19.2. The van der Waals surface area contributed by atoms with Gasteiger partial charge in [-0.1, -0.05) is 43.2 Å². The Labute approximate surface area is 297 Å². The number of sulfonamides is 1. The fourth-order valence-electron chi connectivity index (χ4n) is 6.82. The minimum atomic E-state index is -3.90. The van der Waals surface area contributed by atoms with Crippen LogP contribution in [0.4, 0.5) is 4.79 Å². The number of amides is 5. The number of carbonyl (C=O) groups is 5. The van der Waals surface area contributed by atoms with Crippen molar-refractivity contribution in [3.8, 4) is 0 Å². The highest BCUT2D eigenvalue weighted by Gasteiger charge is 2.62. The number of aromatic nitrogens is 1. The average molecular weight is 723 g/mol. The topological polar surface area (TPSA) is 193 Å². The molecule has 0 bridgehead atoms. The second-order valence-electron chi connectivity index (χ2n) is 15.0. The summed E-state index contributed by atoms with van der Waals surface area (Å²) in [6.45, 7) is 5.09. The van der Waals surface area contributed by atoms with Gasteiger partial charge in [0.05, 0.1) is 16.3 Å². The van der Waals surface area contributed by atoms with E-state index < -0.39 is 80.2 Å². The monoisotopic (exact) mass is 722 g/mol. The number of pyridine rings is 1. The maximum absolute atomic E-state index is 14.3. The number of nitrogens with one attached hydrogen (secondary N) is 4. The average Bonchev–Trinajstić information content (AvgIpc) is 3.99. The van der Waals surface area contributed by atoms with Crippen LogP contribution in [0.15, 0.2) is 48.7 Å². The van der Waals surface area contributed by atoms with Crippen molar-refractivity contribution in [2.75, 3.05) is 6.54 Å². The third-order valence-electron chi connectivity index (χ3n) is 9.76. The summed E-state index contributed by atoms with van der Waals surface area (Å²) >= 11 is 0. The number of carbonyl (C=O) groups excluding carboxylic acids is 5. The van der Waals surface area contributed by atoms with Gasteiger partial charge < -0.3 is 25.6 Å². The molecule has 14 nitrogen and oxygen atoms in total. The zero-order chi connectivity index (χ0) is 36.6. The van der Waals surface area contributed by atoms with Crippen LogP contribution in [0.3, 0.4) is 0 Å². The van der Waals surface area contributed by atoms with Gasteiger partial charge in [0.25, 0.3) is 11.8 Å². The van der Waals surface area contributed by atoms with Crippen LogP contribution in [0, 0.1) is 5.92 Å². The molecule has 5 amide bonds. The molecule has 4 aliphatic rings. The Morgan fingerprint density at radius 2 is 1.80 bits per heavy atom. The standard InChI is InChI=1S/C36H46N6O8S/c1-35(2,3)50-34(47)39-28-14-8-6-4-5-7-12-24-19-36(24,33(46)41-51(48,49)26-15-16-26)40-31(44)29-18-25(21-42(29)32(28)45)38-30(43)23-17-22-11-9-10-13-27(22)37-20-23/h7,9-13,17,20,24-26,28-29H,4-6,8,14-16,18-19,21H2,1-3H3,(H,38,43)(H,39,47)(H,40,44)(H,41,46)/b12-7-/t24-,25+,28-,29-,36+/m0/s1. The fraction of sp³-hybridized carbons (Fsp3) is 0.556. The van der Waals surface area contributed by atoms with Gasteiger partial charge in [-0.2, -0.15) is 0 Å². The third kappa shape index (κ3) is 8.51. The molecule has 51 heavy (non-hydrogen) atoms. The summed E-state index contributed by atoms with van der Waals surface area (Å²) < 4.78 is 33.2. The van der Waals surface area contributed by atoms with Gasteiger partial charge in [0.15, 0.2) is 0 Å². The molecule has 2 aromatic rings. The molecule has 15 heteroatoms. The van der Waals surface area contributed by atoms with Crippen molar-refractivity contribution in [3.63, 3.8) is 0 Å². The second kappa shape index (κ2) is 14.2. The Morgan fingerprint density at radius 3 is 2.55 bits per heavy atom. The van der Waals surface area contributed by atoms with Gasteiger partial charge in [-0.3, -0.25) is 28.9 Å². The minimum absolute atomic E-state index is 0.0159. The Bertz CT molecular complexity index is 1850. The van der Waals surface area contributed by atoms with Crippen LogP contribution < -0.4 is 20.7 Å². The van der Waals surface area contributed by atoms with Gasteiger partial charge in [0.2, 0.25) is 21.8 Å². The molecule has 0 unspecified atom stereocenters. The number of alkyl carbamates (subject to hydrolysis) is 1. The lowest BCUT2D eigenvalue weighted by atomic mass is 10.0. The molecular weight excluding hydrogens is 676 g/mol. The van der Waals surface area contributed by atoms with Crippen molar-refractivity contribution in [3.05, 3.63) is 54.2 Å². The van der Waals surface area contributed by atoms with Gasteiger partial charge in [-0.15, -0.1) is 0 Å². The largest absolute Gasteiger partial charge is 0.444 e. The van der Waals surface area contributed by atoms with E-state index in [9.17, 15) is 32.4 Å². The molecule has 1 aromatic heterocycles. The van der Waals surface area contributed by atoms with Crippen LogP contribution in [0.5, 0.6) is 0 Å². The van der Waals surface area contributed by atoms with E-state index in [4.69, 9.17) is 4.74 Å². The zero-order valence-corrected chi connectivity index (χ0v) is 30.0. The predicted octanol–water partition coefficient (Wildman–Crippen LogP) is 2.83. The summed E-state index contributed by atoms with van der Waals surface area (Å²) in [6, 6.07) is 6.25. The van der Waals surface area contributed by atoms with Crippen molar-refractivity contribution in [2.24, 2.45) is 5.92 Å². The van der Waals surface area contributed by atoms with E-state index in [1.165, 1.54) is 11.1 Å². The molecular formula is C36H46N6O8S. The molecule has 1 saturated heterocycles. The molecule has 0 spiro atoms. The molecule has 274 valence electrons. The minimum Gasteiger partial charge on any atom is -0.444 e. The summed E-state index contributed by atoms with van der Waals surface area (Å²) in [6.07, 6.45) is 8.71. The second-order valence-corrected chi connectivity index (χ2v) is 17.0. The van der Waals surface area contributed by atoms with E-state index in [0.717, 1.165) is 23.7 Å². The SMILES string of the molecule is CC(C)(C)OC(=O)N[C@H]1CCCCC/C=C\[C@H]2C[C@@]2(C(=O)NS(=O)(=O)C2CC2)NC(=O)[C@@H]2C[C@@H](NC(=O)c3cnc4ccccc4c3)CN2C1=O. The first-order valence-electron chi connectivity index (χ1n) is 17.7. The number of hydrogen-bond acceptors (Lipinski definition) is 9. The predicted molar refractivity (Wildman–Crippen MR) is 188 cm³/mol. The Morgan fingerprint density at radius 1 is 1.04 bits per heavy atom. The molecule has 2 aliphatic heterocycles. The molecule has 3 heterocycles. The molecule has 1 aromatic carbocycles. The molecule has 0 radical (unpaired) electrons. The van der Waals surface area contributed by atoms with Crippen molar-refractivity contribution in [1.82, 2.24) is 30.6 Å². The van der Waals surface area contributed by atoms with Crippen LogP contribution in [0.2, 0.25) is 0 Å². The fourth-order valence-corrected chi connectivity index (χ4v) is 8.18. The van der Waals surface area contributed by atoms with Crippen molar-refractivity contribution >= 4 is 50.6 Å². The van der Waals surface area contributed by atoms with Crippen LogP contribution in [-0.2, 0) is 29.1 Å². The maximum atomic E-state index is 14.3. The molecule has 6 rings (SSSR count). The van der Waals surface area contributed by atoms with E-state index in [-0.39, 0.29) is 19.4 Å². The summed E-state index contributed by atoms with van der Waals surface area (Å²) in [4.78, 5) is 74.2. The third-order valence-corrected chi connectivity index (χ3v) is 11.6. The molecule has 4 N–H and O–H groups in total. The van der Waals surface area contributed by atoms with E-state index >= 15 is 0 Å². The highest BCUT2D eigenvalue weighted by molar-refractivity contribution is 7.91. The van der Waals surface area contributed by atoms with E-state index in [0.29, 0.717) is 37.7 Å². The summed E-state index contributed by atoms with van der Waals surface area (Å²) in [5.41, 5.74) is -1.30. The van der Waals surface area contributed by atoms with Gasteiger partial charge in [-0.25, -0.2) is 13.2 Å². The number of ether oxygens (including phenoxy) is 1. The lowest BCUT2D eigenvalue weighted by Gasteiger charge is -2.30. The van der Waals surface area contributed by atoms with Gasteiger partial charge in [0.1, 0.15) is 23.2 Å². The van der Waals surface area contributed by atoms with E-state index in [1.54, 1.807) is 26.8 Å². The highest BCUT2D eigenvalue weighted by Crippen LogP contribution is 2.46. The number of hydrogen-bond donors (Lipinski definition) is 4.